The van der Waals surface area contributed by atoms with E-state index in [0.29, 0.717) is 31.6 Å². The smallest absolute Gasteiger partial charge is 0.462 e. The Morgan fingerprint density at radius 2 is 0.432 bits per heavy atom. The summed E-state index contributed by atoms with van der Waals surface area (Å²) >= 11 is 0. The number of hydrogen-bond donors (Lipinski definition) is 3. The van der Waals surface area contributed by atoms with Crippen LogP contribution in [0.25, 0.3) is 0 Å². The zero-order valence-corrected chi connectivity index (χ0v) is 75.4. The lowest BCUT2D eigenvalue weighted by atomic mass is 9.99. The number of unbranched alkanes of at least 4 members (excludes halogenated alkanes) is 53. The number of phosphoric ester groups is 2. The molecule has 111 heavy (non-hydrogen) atoms. The third-order valence-corrected chi connectivity index (χ3v) is 24.2. The number of aliphatic hydroxyl groups is 1. The molecule has 0 aromatic carbocycles. The van der Waals surface area contributed by atoms with Crippen LogP contribution in [0, 0.1) is 23.7 Å². The molecule has 7 atom stereocenters. The highest BCUT2D eigenvalue weighted by Crippen LogP contribution is 2.45. The van der Waals surface area contributed by atoms with E-state index < -0.39 is 97.5 Å². The summed E-state index contributed by atoms with van der Waals surface area (Å²) in [4.78, 5) is 73.4. The lowest BCUT2D eigenvalue weighted by Crippen LogP contribution is -2.30. The lowest BCUT2D eigenvalue weighted by Gasteiger charge is -2.21. The molecule has 0 aliphatic rings. The van der Waals surface area contributed by atoms with Crippen molar-refractivity contribution in [1.82, 2.24) is 0 Å². The third kappa shape index (κ3) is 82.9. The Kier molecular flexibility index (Phi) is 79.1. The van der Waals surface area contributed by atoms with E-state index in [4.69, 9.17) is 37.0 Å². The molecule has 660 valence electrons. The second-order valence-corrected chi connectivity index (χ2v) is 37.4. The summed E-state index contributed by atoms with van der Waals surface area (Å²) in [5, 5.41) is 10.7. The topological polar surface area (TPSA) is 237 Å². The van der Waals surface area contributed by atoms with E-state index in [0.717, 1.165) is 114 Å². The molecule has 0 radical (unpaired) electrons. The normalized spacial score (nSPS) is 14.3. The zero-order valence-electron chi connectivity index (χ0n) is 73.6. The van der Waals surface area contributed by atoms with Crippen LogP contribution in [0.2, 0.25) is 0 Å². The largest absolute Gasteiger partial charge is 0.472 e. The summed E-state index contributed by atoms with van der Waals surface area (Å²) in [6.45, 7) is 14.4. The van der Waals surface area contributed by atoms with Crippen LogP contribution in [0.5, 0.6) is 0 Å². The fourth-order valence-corrected chi connectivity index (χ4v) is 15.9. The fraction of sp³-hybridized carbons (Fsp3) is 0.957. The average Bonchev–Trinajstić information content (AvgIpc) is 0.901. The highest BCUT2D eigenvalue weighted by Gasteiger charge is 2.31. The first-order valence-corrected chi connectivity index (χ1v) is 50.3. The van der Waals surface area contributed by atoms with Crippen molar-refractivity contribution < 1.29 is 80.2 Å². The van der Waals surface area contributed by atoms with E-state index in [1.807, 2.05) is 0 Å². The third-order valence-electron chi connectivity index (χ3n) is 22.3. The van der Waals surface area contributed by atoms with Crippen LogP contribution in [0.3, 0.4) is 0 Å². The maximum Gasteiger partial charge on any atom is 0.472 e. The Hall–Kier alpha value is -1.94. The molecule has 0 amide bonds. The first kappa shape index (κ1) is 109. The molecule has 0 spiro atoms. The van der Waals surface area contributed by atoms with Gasteiger partial charge in [0, 0.05) is 25.7 Å². The molecular weight excluding hydrogens is 1440 g/mol. The lowest BCUT2D eigenvalue weighted by molar-refractivity contribution is -0.161. The van der Waals surface area contributed by atoms with E-state index in [1.165, 1.54) is 283 Å². The van der Waals surface area contributed by atoms with E-state index in [9.17, 15) is 43.2 Å². The van der Waals surface area contributed by atoms with Gasteiger partial charge in [0.15, 0.2) is 12.2 Å². The number of hydrogen-bond acceptors (Lipinski definition) is 15. The summed E-state index contributed by atoms with van der Waals surface area (Å²) in [6, 6.07) is 0. The van der Waals surface area contributed by atoms with Gasteiger partial charge in [-0.3, -0.25) is 37.3 Å². The summed E-state index contributed by atoms with van der Waals surface area (Å²) in [5.74, 6) is 1.14. The SMILES string of the molecule is CCC(C)CCCCCCCCCCCCCCCCCCCCC(=O)O[C@H](COC(=O)CCCCCCCCCCCCCCCCC(C)C)COP(=O)(O)OCC(O)COP(=O)(O)OC[C@@H](COC(=O)CCCCCCCCCC(C)C)OC(=O)CCCCCCCCCCCCCCCCCCCCC(C)CC. The van der Waals surface area contributed by atoms with Crippen LogP contribution in [-0.4, -0.2) is 96.7 Å². The minimum Gasteiger partial charge on any atom is -0.462 e. The number of phosphoric acid groups is 2. The zero-order chi connectivity index (χ0) is 81.6. The van der Waals surface area contributed by atoms with Crippen LogP contribution >= 0.6 is 15.6 Å². The van der Waals surface area contributed by atoms with Crippen LogP contribution in [0.4, 0.5) is 0 Å². The molecule has 19 heteroatoms. The van der Waals surface area contributed by atoms with Gasteiger partial charge >= 0.3 is 39.5 Å². The maximum atomic E-state index is 13.2. The molecule has 17 nitrogen and oxygen atoms in total. The van der Waals surface area contributed by atoms with Crippen molar-refractivity contribution in [3.63, 3.8) is 0 Å². The second kappa shape index (κ2) is 80.5. The number of carbonyl (C=O) groups is 4. The quantitative estimate of drug-likeness (QED) is 0.0222. The van der Waals surface area contributed by atoms with E-state index in [2.05, 4.69) is 55.4 Å². The highest BCUT2D eigenvalue weighted by molar-refractivity contribution is 7.47. The van der Waals surface area contributed by atoms with Gasteiger partial charge in [-0.25, -0.2) is 9.13 Å². The van der Waals surface area contributed by atoms with Crippen LogP contribution < -0.4 is 0 Å². The summed E-state index contributed by atoms with van der Waals surface area (Å²) < 4.78 is 69.1. The standard InChI is InChI=1S/C92H180O17P2/c1-9-84(7)70-62-54-46-38-32-26-19-15-11-13-17-21-29-35-41-49-58-66-74-91(96)108-87(78-102-89(94)72-64-56-48-40-34-28-24-23-25-31-37-44-52-60-68-82(3)4)80-106-110(98,99)104-76-86(93)77-105-111(100,101)107-81-88(79-103-90(95)73-65-57-51-43-45-53-61-69-83(5)6)109-92(97)75-67-59-50-42-36-30-22-18-14-12-16-20-27-33-39-47-55-63-71-85(8)10-2/h82-88,93H,9-81H2,1-8H3,(H,98,99)(H,100,101)/t84?,85?,86?,87-,88-/m1/s1. The van der Waals surface area contributed by atoms with Gasteiger partial charge in [-0.1, -0.05) is 434 Å². The van der Waals surface area contributed by atoms with Crippen molar-refractivity contribution >= 4 is 39.5 Å². The van der Waals surface area contributed by atoms with Crippen molar-refractivity contribution in [3.05, 3.63) is 0 Å². The molecule has 0 aliphatic carbocycles. The highest BCUT2D eigenvalue weighted by atomic mass is 31.2. The summed E-state index contributed by atoms with van der Waals surface area (Å²) in [7, 11) is -9.94. The number of rotatable bonds is 89. The molecule has 0 aromatic heterocycles. The van der Waals surface area contributed by atoms with E-state index in [-0.39, 0.29) is 25.7 Å². The van der Waals surface area contributed by atoms with Crippen LogP contribution in [-0.2, 0) is 65.4 Å². The molecule has 0 heterocycles. The van der Waals surface area contributed by atoms with Crippen LogP contribution in [0.1, 0.15) is 486 Å². The number of carbonyl (C=O) groups excluding carboxylic acids is 4. The first-order chi connectivity index (χ1) is 53.7. The Bertz CT molecular complexity index is 2150. The minimum absolute atomic E-state index is 0.107. The Morgan fingerprint density at radius 3 is 0.640 bits per heavy atom. The van der Waals surface area contributed by atoms with Crippen molar-refractivity contribution in [2.45, 2.75) is 504 Å². The van der Waals surface area contributed by atoms with Crippen molar-refractivity contribution in [1.29, 1.82) is 0 Å². The molecule has 0 saturated carbocycles. The Labute approximate surface area is 683 Å². The molecule has 0 bridgehead atoms. The predicted molar refractivity (Wildman–Crippen MR) is 460 cm³/mol. The maximum absolute atomic E-state index is 13.2. The van der Waals surface area contributed by atoms with Gasteiger partial charge in [-0.2, -0.15) is 0 Å². The minimum atomic E-state index is -4.97. The number of aliphatic hydroxyl groups excluding tert-OH is 1. The monoisotopic (exact) mass is 1620 g/mol. The van der Waals surface area contributed by atoms with Gasteiger partial charge in [0.25, 0.3) is 0 Å². The summed E-state index contributed by atoms with van der Waals surface area (Å²) in [6.07, 6.45) is 72.3. The first-order valence-electron chi connectivity index (χ1n) is 47.3. The Balaban J connectivity index is 5.20. The predicted octanol–water partition coefficient (Wildman–Crippen LogP) is 28.3. The molecule has 5 unspecified atom stereocenters. The van der Waals surface area contributed by atoms with E-state index in [1.54, 1.807) is 0 Å². The molecule has 0 saturated heterocycles. The molecule has 0 rings (SSSR count). The molecule has 0 aromatic rings. The van der Waals surface area contributed by atoms with Crippen molar-refractivity contribution in [2.75, 3.05) is 39.6 Å². The van der Waals surface area contributed by atoms with Crippen LogP contribution in [0.15, 0.2) is 0 Å². The molecule has 0 aliphatic heterocycles. The molecule has 0 fully saturated rings. The van der Waals surface area contributed by atoms with Gasteiger partial charge < -0.3 is 33.8 Å². The molecular formula is C92H180O17P2. The van der Waals surface area contributed by atoms with Gasteiger partial charge in [0.05, 0.1) is 26.4 Å². The number of ether oxygens (including phenoxy) is 4. The summed E-state index contributed by atoms with van der Waals surface area (Å²) in [5.41, 5.74) is 0. The van der Waals surface area contributed by atoms with Gasteiger partial charge in [0.1, 0.15) is 19.3 Å². The van der Waals surface area contributed by atoms with E-state index >= 15 is 0 Å². The van der Waals surface area contributed by atoms with Gasteiger partial charge in [-0.15, -0.1) is 0 Å². The average molecular weight is 1620 g/mol. The van der Waals surface area contributed by atoms with Crippen molar-refractivity contribution in [3.8, 4) is 0 Å². The van der Waals surface area contributed by atoms with Gasteiger partial charge in [-0.05, 0) is 49.4 Å². The van der Waals surface area contributed by atoms with Gasteiger partial charge in [0.2, 0.25) is 0 Å². The second-order valence-electron chi connectivity index (χ2n) is 34.5. The Morgan fingerprint density at radius 1 is 0.252 bits per heavy atom. The van der Waals surface area contributed by atoms with Crippen molar-refractivity contribution in [2.24, 2.45) is 23.7 Å². The molecule has 3 N–H and O–H groups in total. The fourth-order valence-electron chi connectivity index (χ4n) is 14.3. The number of esters is 4.